The van der Waals surface area contributed by atoms with Gasteiger partial charge in [0.05, 0.1) is 0 Å². The summed E-state index contributed by atoms with van der Waals surface area (Å²) in [5, 5.41) is 5.06. The standard InChI is InChI=1S/C17H24N2O/c1-20-11-5-10-19-13-14(12-18-15-6-4-7-15)16-8-2-3-9-17(16)19/h2-3,8-9,13,15,18H,4-7,10-12H2,1H3. The Morgan fingerprint density at radius 3 is 2.90 bits per heavy atom. The first-order valence-corrected chi connectivity index (χ1v) is 7.67. The van der Waals surface area contributed by atoms with Crippen LogP contribution in [0, 0.1) is 0 Å². The molecule has 1 saturated carbocycles. The first kappa shape index (κ1) is 13.7. The van der Waals surface area contributed by atoms with Crippen LogP contribution in [-0.2, 0) is 17.8 Å². The predicted molar refractivity (Wildman–Crippen MR) is 82.9 cm³/mol. The van der Waals surface area contributed by atoms with Gasteiger partial charge in [0.15, 0.2) is 0 Å². The summed E-state index contributed by atoms with van der Waals surface area (Å²) in [5.41, 5.74) is 2.76. The van der Waals surface area contributed by atoms with Crippen LogP contribution in [-0.4, -0.2) is 24.3 Å². The molecule has 0 saturated heterocycles. The van der Waals surface area contributed by atoms with Crippen molar-refractivity contribution in [3.63, 3.8) is 0 Å². The summed E-state index contributed by atoms with van der Waals surface area (Å²) in [6.45, 7) is 2.84. The van der Waals surface area contributed by atoms with Crippen molar-refractivity contribution in [2.45, 2.75) is 44.8 Å². The molecule has 108 valence electrons. The Bertz CT molecular complexity index is 557. The maximum absolute atomic E-state index is 5.16. The maximum atomic E-state index is 5.16. The number of para-hydroxylation sites is 1. The largest absolute Gasteiger partial charge is 0.385 e. The highest BCUT2D eigenvalue weighted by Gasteiger charge is 2.17. The van der Waals surface area contributed by atoms with Crippen molar-refractivity contribution in [2.75, 3.05) is 13.7 Å². The lowest BCUT2D eigenvalue weighted by molar-refractivity contribution is 0.190. The molecule has 2 aromatic rings. The number of methoxy groups -OCH3 is 1. The number of aryl methyl sites for hydroxylation is 1. The minimum atomic E-state index is 0.741. The lowest BCUT2D eigenvalue weighted by atomic mass is 9.93. The van der Waals surface area contributed by atoms with E-state index in [0.29, 0.717) is 0 Å². The molecular weight excluding hydrogens is 248 g/mol. The van der Waals surface area contributed by atoms with Crippen LogP contribution in [0.2, 0.25) is 0 Å². The average Bonchev–Trinajstić information content (AvgIpc) is 2.77. The molecule has 1 fully saturated rings. The van der Waals surface area contributed by atoms with E-state index in [0.717, 1.165) is 32.2 Å². The van der Waals surface area contributed by atoms with Gasteiger partial charge in [-0.1, -0.05) is 24.6 Å². The van der Waals surface area contributed by atoms with Crippen molar-refractivity contribution in [2.24, 2.45) is 0 Å². The molecule has 1 aliphatic carbocycles. The van der Waals surface area contributed by atoms with E-state index >= 15 is 0 Å². The highest BCUT2D eigenvalue weighted by atomic mass is 16.5. The molecule has 0 radical (unpaired) electrons. The van der Waals surface area contributed by atoms with E-state index < -0.39 is 0 Å². The number of aromatic nitrogens is 1. The van der Waals surface area contributed by atoms with Crippen LogP contribution >= 0.6 is 0 Å². The minimum Gasteiger partial charge on any atom is -0.385 e. The quantitative estimate of drug-likeness (QED) is 0.783. The average molecular weight is 272 g/mol. The number of rotatable bonds is 7. The minimum absolute atomic E-state index is 0.741. The summed E-state index contributed by atoms with van der Waals surface area (Å²) in [6.07, 6.45) is 7.44. The second-order valence-corrected chi connectivity index (χ2v) is 5.72. The molecule has 20 heavy (non-hydrogen) atoms. The van der Waals surface area contributed by atoms with Gasteiger partial charge in [0.2, 0.25) is 0 Å². The van der Waals surface area contributed by atoms with Crippen molar-refractivity contribution >= 4 is 10.9 Å². The molecule has 3 nitrogen and oxygen atoms in total. The third kappa shape index (κ3) is 2.89. The number of nitrogens with one attached hydrogen (secondary N) is 1. The Labute approximate surface area is 120 Å². The van der Waals surface area contributed by atoms with Crippen LogP contribution in [0.25, 0.3) is 10.9 Å². The van der Waals surface area contributed by atoms with Crippen molar-refractivity contribution in [1.29, 1.82) is 0 Å². The lowest BCUT2D eigenvalue weighted by Crippen LogP contribution is -2.34. The molecule has 1 N–H and O–H groups in total. The molecule has 1 heterocycles. The molecule has 1 aromatic heterocycles. The van der Waals surface area contributed by atoms with Crippen molar-refractivity contribution < 1.29 is 4.74 Å². The first-order chi connectivity index (χ1) is 9.88. The Morgan fingerprint density at radius 2 is 2.15 bits per heavy atom. The third-order valence-electron chi connectivity index (χ3n) is 4.30. The van der Waals surface area contributed by atoms with E-state index in [9.17, 15) is 0 Å². The van der Waals surface area contributed by atoms with E-state index in [1.54, 1.807) is 7.11 Å². The zero-order valence-electron chi connectivity index (χ0n) is 12.3. The van der Waals surface area contributed by atoms with Gasteiger partial charge in [0.1, 0.15) is 0 Å². The van der Waals surface area contributed by atoms with Crippen LogP contribution in [0.4, 0.5) is 0 Å². The van der Waals surface area contributed by atoms with Crippen LogP contribution in [0.3, 0.4) is 0 Å². The van der Waals surface area contributed by atoms with Crippen LogP contribution in [0.5, 0.6) is 0 Å². The fourth-order valence-electron chi connectivity index (χ4n) is 2.89. The summed E-state index contributed by atoms with van der Waals surface area (Å²) >= 11 is 0. The van der Waals surface area contributed by atoms with Crippen molar-refractivity contribution in [3.05, 3.63) is 36.0 Å². The fraction of sp³-hybridized carbons (Fsp3) is 0.529. The summed E-state index contributed by atoms with van der Waals surface area (Å²) in [5.74, 6) is 0. The second kappa shape index (κ2) is 6.42. The van der Waals surface area contributed by atoms with Gasteiger partial charge in [0, 0.05) is 49.9 Å². The van der Waals surface area contributed by atoms with E-state index in [1.807, 2.05) is 0 Å². The van der Waals surface area contributed by atoms with Crippen LogP contribution in [0.1, 0.15) is 31.2 Å². The molecule has 0 bridgehead atoms. The first-order valence-electron chi connectivity index (χ1n) is 7.67. The topological polar surface area (TPSA) is 26.2 Å². The smallest absolute Gasteiger partial charge is 0.0483 e. The Balaban J connectivity index is 1.75. The number of nitrogens with zero attached hydrogens (tertiary/aromatic N) is 1. The zero-order valence-corrected chi connectivity index (χ0v) is 12.3. The Morgan fingerprint density at radius 1 is 1.30 bits per heavy atom. The number of hydrogen-bond donors (Lipinski definition) is 1. The number of fused-ring (bicyclic) bond motifs is 1. The van der Waals surface area contributed by atoms with Gasteiger partial charge < -0.3 is 14.6 Å². The van der Waals surface area contributed by atoms with E-state index in [1.165, 1.54) is 35.7 Å². The van der Waals surface area contributed by atoms with Gasteiger partial charge in [-0.05, 0) is 30.9 Å². The number of hydrogen-bond acceptors (Lipinski definition) is 2. The lowest BCUT2D eigenvalue weighted by Gasteiger charge is -2.26. The summed E-state index contributed by atoms with van der Waals surface area (Å²) < 4.78 is 7.53. The van der Waals surface area contributed by atoms with Crippen LogP contribution in [0.15, 0.2) is 30.5 Å². The van der Waals surface area contributed by atoms with Gasteiger partial charge in [-0.2, -0.15) is 0 Å². The highest BCUT2D eigenvalue weighted by Crippen LogP contribution is 2.23. The molecule has 3 rings (SSSR count). The summed E-state index contributed by atoms with van der Waals surface area (Å²) in [4.78, 5) is 0. The maximum Gasteiger partial charge on any atom is 0.0483 e. The second-order valence-electron chi connectivity index (χ2n) is 5.72. The fourth-order valence-corrected chi connectivity index (χ4v) is 2.89. The monoisotopic (exact) mass is 272 g/mol. The van der Waals surface area contributed by atoms with Gasteiger partial charge in [-0.25, -0.2) is 0 Å². The molecule has 0 aliphatic heterocycles. The Hall–Kier alpha value is -1.32. The number of benzene rings is 1. The van der Waals surface area contributed by atoms with Crippen molar-refractivity contribution in [1.82, 2.24) is 9.88 Å². The molecule has 0 spiro atoms. The van der Waals surface area contributed by atoms with E-state index in [2.05, 4.69) is 40.3 Å². The number of ether oxygens (including phenoxy) is 1. The summed E-state index contributed by atoms with van der Waals surface area (Å²) in [6, 6.07) is 9.45. The van der Waals surface area contributed by atoms with Crippen LogP contribution < -0.4 is 5.32 Å². The molecular formula is C17H24N2O. The van der Waals surface area contributed by atoms with Gasteiger partial charge >= 0.3 is 0 Å². The van der Waals surface area contributed by atoms with Gasteiger partial charge in [0.25, 0.3) is 0 Å². The van der Waals surface area contributed by atoms with Gasteiger partial charge in [-0.15, -0.1) is 0 Å². The molecule has 1 aromatic carbocycles. The molecule has 0 atom stereocenters. The molecule has 1 aliphatic rings. The highest BCUT2D eigenvalue weighted by molar-refractivity contribution is 5.83. The van der Waals surface area contributed by atoms with E-state index in [4.69, 9.17) is 4.74 Å². The predicted octanol–water partition coefficient (Wildman–Crippen LogP) is 3.32. The van der Waals surface area contributed by atoms with Gasteiger partial charge in [-0.3, -0.25) is 0 Å². The molecule has 0 unspecified atom stereocenters. The Kier molecular flexibility index (Phi) is 4.38. The SMILES string of the molecule is COCCCn1cc(CNC2CCC2)c2ccccc21. The third-order valence-corrected chi connectivity index (χ3v) is 4.30. The molecule has 3 heteroatoms. The molecule has 0 amide bonds. The normalized spacial score (nSPS) is 15.7. The van der Waals surface area contributed by atoms with Crippen molar-refractivity contribution in [3.8, 4) is 0 Å². The zero-order chi connectivity index (χ0) is 13.8. The summed E-state index contributed by atoms with van der Waals surface area (Å²) in [7, 11) is 1.77. The van der Waals surface area contributed by atoms with E-state index in [-0.39, 0.29) is 0 Å².